The maximum Gasteiger partial charge on any atom is 0.325 e. The molecule has 0 heterocycles. The maximum atomic E-state index is 11.8. The molecule has 0 bridgehead atoms. The third kappa shape index (κ3) is 4.49. The molecule has 0 saturated heterocycles. The lowest BCUT2D eigenvalue weighted by Crippen LogP contribution is -2.36. The molecule has 0 aromatic carbocycles. The molecular weight excluding hydrogens is 251 g/mol. The first kappa shape index (κ1) is 15.9. The SMILES string of the molecule is C[C@H]1C(=O)CCCC1C(C)(C)CCCP(=O)(O)O. The van der Waals surface area contributed by atoms with Crippen LogP contribution in [0.25, 0.3) is 0 Å². The Morgan fingerprint density at radius 2 is 2.00 bits per heavy atom. The van der Waals surface area contributed by atoms with Gasteiger partial charge in [-0.2, -0.15) is 0 Å². The molecule has 4 nitrogen and oxygen atoms in total. The molecule has 0 radical (unpaired) electrons. The monoisotopic (exact) mass is 276 g/mol. The van der Waals surface area contributed by atoms with Crippen molar-refractivity contribution in [2.24, 2.45) is 17.3 Å². The van der Waals surface area contributed by atoms with Gasteiger partial charge >= 0.3 is 7.60 Å². The molecule has 0 aromatic heterocycles. The topological polar surface area (TPSA) is 74.6 Å². The molecule has 1 saturated carbocycles. The average Bonchev–Trinajstić information content (AvgIpc) is 2.19. The number of Topliss-reactive ketones (excluding diaryl/α,β-unsaturated/α-hetero) is 1. The van der Waals surface area contributed by atoms with E-state index < -0.39 is 7.60 Å². The van der Waals surface area contributed by atoms with E-state index in [0.717, 1.165) is 19.3 Å². The molecule has 1 aliphatic carbocycles. The van der Waals surface area contributed by atoms with Crippen molar-refractivity contribution in [3.8, 4) is 0 Å². The Morgan fingerprint density at radius 1 is 1.39 bits per heavy atom. The number of hydrogen-bond acceptors (Lipinski definition) is 2. The predicted octanol–water partition coefficient (Wildman–Crippen LogP) is 2.98. The van der Waals surface area contributed by atoms with E-state index in [1.54, 1.807) is 0 Å². The van der Waals surface area contributed by atoms with Crippen molar-refractivity contribution in [2.75, 3.05) is 6.16 Å². The molecule has 1 unspecified atom stereocenters. The lowest BCUT2D eigenvalue weighted by Gasteiger charge is -2.40. The van der Waals surface area contributed by atoms with Gasteiger partial charge in [0.2, 0.25) is 0 Å². The van der Waals surface area contributed by atoms with Gasteiger partial charge in [0, 0.05) is 18.5 Å². The fourth-order valence-corrected chi connectivity index (χ4v) is 3.76. The van der Waals surface area contributed by atoms with Crippen LogP contribution in [0, 0.1) is 17.3 Å². The summed E-state index contributed by atoms with van der Waals surface area (Å²) >= 11 is 0. The molecule has 1 aliphatic rings. The Labute approximate surface area is 109 Å². The largest absolute Gasteiger partial charge is 0.325 e. The Morgan fingerprint density at radius 3 is 2.56 bits per heavy atom. The van der Waals surface area contributed by atoms with Gasteiger partial charge in [0.1, 0.15) is 5.78 Å². The Balaban J connectivity index is 2.56. The highest BCUT2D eigenvalue weighted by Gasteiger charge is 2.38. The van der Waals surface area contributed by atoms with E-state index in [4.69, 9.17) is 9.79 Å². The second kappa shape index (κ2) is 5.85. The lowest BCUT2D eigenvalue weighted by atomic mass is 9.64. The van der Waals surface area contributed by atoms with E-state index >= 15 is 0 Å². The second-order valence-corrected chi connectivity index (χ2v) is 8.01. The third-order valence-corrected chi connectivity index (χ3v) is 5.22. The number of carbonyl (C=O) groups excluding carboxylic acids is 1. The summed E-state index contributed by atoms with van der Waals surface area (Å²) in [7, 11) is -3.89. The zero-order chi connectivity index (χ0) is 14.0. The molecule has 106 valence electrons. The summed E-state index contributed by atoms with van der Waals surface area (Å²) in [6.07, 6.45) is 3.93. The summed E-state index contributed by atoms with van der Waals surface area (Å²) in [4.78, 5) is 29.5. The summed E-state index contributed by atoms with van der Waals surface area (Å²) < 4.78 is 10.9. The summed E-state index contributed by atoms with van der Waals surface area (Å²) in [5, 5.41) is 0. The maximum absolute atomic E-state index is 11.8. The molecule has 18 heavy (non-hydrogen) atoms. The van der Waals surface area contributed by atoms with Crippen LogP contribution in [-0.4, -0.2) is 21.7 Å². The van der Waals surface area contributed by atoms with Gasteiger partial charge in [0.25, 0.3) is 0 Å². The van der Waals surface area contributed by atoms with Crippen molar-refractivity contribution in [1.82, 2.24) is 0 Å². The minimum atomic E-state index is -3.89. The molecule has 5 heteroatoms. The summed E-state index contributed by atoms with van der Waals surface area (Å²) in [6, 6.07) is 0. The molecule has 0 amide bonds. The van der Waals surface area contributed by atoms with E-state index in [1.807, 2.05) is 6.92 Å². The second-order valence-electron chi connectivity index (χ2n) is 6.23. The molecule has 1 fully saturated rings. The highest BCUT2D eigenvalue weighted by atomic mass is 31.2. The fraction of sp³-hybridized carbons (Fsp3) is 0.923. The highest BCUT2D eigenvalue weighted by molar-refractivity contribution is 7.51. The van der Waals surface area contributed by atoms with Gasteiger partial charge in [-0.25, -0.2) is 0 Å². The third-order valence-electron chi connectivity index (χ3n) is 4.32. The molecule has 2 N–H and O–H groups in total. The normalized spacial score (nSPS) is 26.4. The average molecular weight is 276 g/mol. The lowest BCUT2D eigenvalue weighted by molar-refractivity contribution is -0.128. The van der Waals surface area contributed by atoms with Gasteiger partial charge < -0.3 is 9.79 Å². The van der Waals surface area contributed by atoms with Crippen molar-refractivity contribution in [3.63, 3.8) is 0 Å². The molecule has 0 spiro atoms. The Bertz CT molecular complexity index is 345. The van der Waals surface area contributed by atoms with Crippen LogP contribution in [0.2, 0.25) is 0 Å². The summed E-state index contributed by atoms with van der Waals surface area (Å²) in [6.45, 7) is 6.23. The van der Waals surface area contributed by atoms with Crippen LogP contribution in [0.1, 0.15) is 52.9 Å². The highest BCUT2D eigenvalue weighted by Crippen LogP contribution is 2.45. The zero-order valence-corrected chi connectivity index (χ0v) is 12.4. The van der Waals surface area contributed by atoms with Crippen LogP contribution in [0.4, 0.5) is 0 Å². The molecule has 1 rings (SSSR count). The van der Waals surface area contributed by atoms with E-state index in [2.05, 4.69) is 13.8 Å². The van der Waals surface area contributed by atoms with Crippen LogP contribution in [0.15, 0.2) is 0 Å². The predicted molar refractivity (Wildman–Crippen MR) is 71.4 cm³/mol. The van der Waals surface area contributed by atoms with Crippen LogP contribution in [-0.2, 0) is 9.36 Å². The summed E-state index contributed by atoms with van der Waals surface area (Å²) in [5.41, 5.74) is -0.0231. The van der Waals surface area contributed by atoms with Crippen LogP contribution >= 0.6 is 7.60 Å². The Hall–Kier alpha value is -0.180. The van der Waals surface area contributed by atoms with Crippen LogP contribution < -0.4 is 0 Å². The minimum absolute atomic E-state index is 0.0231. The van der Waals surface area contributed by atoms with Crippen LogP contribution in [0.3, 0.4) is 0 Å². The quantitative estimate of drug-likeness (QED) is 0.757. The first-order valence-electron chi connectivity index (χ1n) is 6.71. The number of hydrogen-bond donors (Lipinski definition) is 2. The van der Waals surface area contributed by atoms with Gasteiger partial charge in [0.05, 0.1) is 0 Å². The number of carbonyl (C=O) groups is 1. The molecule has 0 aliphatic heterocycles. The van der Waals surface area contributed by atoms with Gasteiger partial charge in [-0.3, -0.25) is 9.36 Å². The van der Waals surface area contributed by atoms with E-state index in [0.29, 0.717) is 24.5 Å². The van der Waals surface area contributed by atoms with Crippen molar-refractivity contribution in [1.29, 1.82) is 0 Å². The number of rotatable bonds is 5. The van der Waals surface area contributed by atoms with Gasteiger partial charge in [-0.15, -0.1) is 0 Å². The van der Waals surface area contributed by atoms with Gasteiger partial charge in [-0.05, 0) is 37.0 Å². The minimum Gasteiger partial charge on any atom is -0.324 e. The molecule has 0 aromatic rings. The first-order chi connectivity index (χ1) is 8.13. The number of ketones is 1. The zero-order valence-electron chi connectivity index (χ0n) is 11.6. The Kier molecular flexibility index (Phi) is 5.16. The summed E-state index contributed by atoms with van der Waals surface area (Å²) in [5.74, 6) is 0.772. The van der Waals surface area contributed by atoms with E-state index in [-0.39, 0.29) is 17.5 Å². The van der Waals surface area contributed by atoms with Crippen molar-refractivity contribution in [3.05, 3.63) is 0 Å². The van der Waals surface area contributed by atoms with Gasteiger partial charge in [-0.1, -0.05) is 20.8 Å². The first-order valence-corrected chi connectivity index (χ1v) is 8.50. The van der Waals surface area contributed by atoms with Crippen molar-refractivity contribution >= 4 is 13.4 Å². The van der Waals surface area contributed by atoms with Gasteiger partial charge in [0.15, 0.2) is 0 Å². The standard InChI is InChI=1S/C13H25O4P/c1-10-11(6-4-7-12(10)14)13(2,3)8-5-9-18(15,16)17/h10-11H,4-9H2,1-3H3,(H2,15,16,17)/t10-,11?/m1/s1. The van der Waals surface area contributed by atoms with Crippen molar-refractivity contribution in [2.45, 2.75) is 52.9 Å². The van der Waals surface area contributed by atoms with Crippen LogP contribution in [0.5, 0.6) is 0 Å². The van der Waals surface area contributed by atoms with E-state index in [1.165, 1.54) is 0 Å². The van der Waals surface area contributed by atoms with Crippen molar-refractivity contribution < 1.29 is 19.1 Å². The van der Waals surface area contributed by atoms with E-state index in [9.17, 15) is 9.36 Å². The molecular formula is C13H25O4P. The smallest absolute Gasteiger partial charge is 0.324 e. The fourth-order valence-electron chi connectivity index (χ4n) is 3.19. The molecule has 2 atom stereocenters.